The SMILES string of the molecule is COc1ccc([C@@H]2Nc3ccc4[nH]ncc4c3[C@H]3C4CCC(C4)[C@@H]23)cc1. The van der Waals surface area contributed by atoms with E-state index >= 15 is 0 Å². The van der Waals surface area contributed by atoms with Crippen molar-refractivity contribution in [2.75, 3.05) is 12.4 Å². The molecule has 2 heterocycles. The van der Waals surface area contributed by atoms with E-state index in [9.17, 15) is 0 Å². The second-order valence-corrected chi connectivity index (χ2v) is 8.19. The topological polar surface area (TPSA) is 49.9 Å². The number of ether oxygens (including phenoxy) is 1. The van der Waals surface area contributed by atoms with Crippen LogP contribution in [0.5, 0.6) is 5.75 Å². The first-order chi connectivity index (χ1) is 12.8. The van der Waals surface area contributed by atoms with Crippen LogP contribution in [0.15, 0.2) is 42.6 Å². The number of nitrogens with zero attached hydrogens (tertiary/aromatic N) is 1. The van der Waals surface area contributed by atoms with E-state index < -0.39 is 0 Å². The van der Waals surface area contributed by atoms with Crippen LogP contribution in [-0.2, 0) is 0 Å². The molecule has 5 atom stereocenters. The Morgan fingerprint density at radius 2 is 1.88 bits per heavy atom. The molecular weight excluding hydrogens is 322 g/mol. The third-order valence-corrected chi connectivity index (χ3v) is 7.15. The molecule has 6 rings (SSSR count). The number of aromatic amines is 1. The fraction of sp³-hybridized carbons (Fsp3) is 0.409. The Morgan fingerprint density at radius 1 is 1.04 bits per heavy atom. The van der Waals surface area contributed by atoms with Crippen LogP contribution in [0.4, 0.5) is 5.69 Å². The lowest BCUT2D eigenvalue weighted by Gasteiger charge is -2.43. The summed E-state index contributed by atoms with van der Waals surface area (Å²) in [5, 5.41) is 12.7. The van der Waals surface area contributed by atoms with Gasteiger partial charge in [-0.25, -0.2) is 0 Å². The molecule has 4 nitrogen and oxygen atoms in total. The van der Waals surface area contributed by atoms with Crippen molar-refractivity contribution in [3.8, 4) is 5.75 Å². The quantitative estimate of drug-likeness (QED) is 0.697. The molecule has 3 aromatic rings. The van der Waals surface area contributed by atoms with Gasteiger partial charge in [-0.3, -0.25) is 5.10 Å². The Morgan fingerprint density at radius 3 is 2.73 bits per heavy atom. The third kappa shape index (κ3) is 1.87. The van der Waals surface area contributed by atoms with Gasteiger partial charge in [0.05, 0.1) is 24.9 Å². The van der Waals surface area contributed by atoms with Gasteiger partial charge >= 0.3 is 0 Å². The monoisotopic (exact) mass is 345 g/mol. The zero-order valence-electron chi connectivity index (χ0n) is 14.9. The van der Waals surface area contributed by atoms with Gasteiger partial charge < -0.3 is 10.1 Å². The smallest absolute Gasteiger partial charge is 0.118 e. The molecule has 2 aliphatic carbocycles. The minimum Gasteiger partial charge on any atom is -0.497 e. The number of nitrogens with one attached hydrogen (secondary N) is 2. The van der Waals surface area contributed by atoms with Crippen LogP contribution in [0.3, 0.4) is 0 Å². The summed E-state index contributed by atoms with van der Waals surface area (Å²) in [4.78, 5) is 0. The van der Waals surface area contributed by atoms with Gasteiger partial charge in [-0.15, -0.1) is 0 Å². The maximum atomic E-state index is 5.36. The first kappa shape index (κ1) is 14.7. The standard InChI is InChI=1S/C22H23N3O/c1-26-15-6-4-12(5-7-15)22-20-14-3-2-13(10-14)19(20)21-16-11-23-25-17(16)8-9-18(21)24-22/h4-9,11,13-14,19-20,22,24H,2-3,10H2,1H3,(H,23,25)/t13?,14?,19-,20+,22-/m0/s1. The first-order valence-electron chi connectivity index (χ1n) is 9.70. The summed E-state index contributed by atoms with van der Waals surface area (Å²) in [6, 6.07) is 13.4. The number of hydrogen-bond acceptors (Lipinski definition) is 3. The van der Waals surface area contributed by atoms with Crippen LogP contribution in [0.1, 0.15) is 42.3 Å². The van der Waals surface area contributed by atoms with Crippen LogP contribution >= 0.6 is 0 Å². The Hall–Kier alpha value is -2.49. The summed E-state index contributed by atoms with van der Waals surface area (Å²) in [6.07, 6.45) is 6.18. The molecule has 0 spiro atoms. The fourth-order valence-electron chi connectivity index (χ4n) is 6.15. The lowest BCUT2D eigenvalue weighted by Crippen LogP contribution is -2.35. The molecule has 1 aromatic heterocycles. The third-order valence-electron chi connectivity index (χ3n) is 7.15. The van der Waals surface area contributed by atoms with Gasteiger partial charge in [0, 0.05) is 11.1 Å². The van der Waals surface area contributed by atoms with Gasteiger partial charge in [-0.2, -0.15) is 5.10 Å². The van der Waals surface area contributed by atoms with Crippen LogP contribution in [0, 0.1) is 17.8 Å². The Kier molecular flexibility index (Phi) is 2.96. The number of hydrogen-bond donors (Lipinski definition) is 2. The highest BCUT2D eigenvalue weighted by molar-refractivity contribution is 5.88. The predicted octanol–water partition coefficient (Wildman–Crippen LogP) is 4.87. The highest BCUT2D eigenvalue weighted by Gasteiger charge is 2.54. The highest BCUT2D eigenvalue weighted by Crippen LogP contribution is 2.64. The molecule has 2 unspecified atom stereocenters. The van der Waals surface area contributed by atoms with Gasteiger partial charge in [0.25, 0.3) is 0 Å². The molecule has 2 fully saturated rings. The van der Waals surface area contributed by atoms with E-state index in [2.05, 4.69) is 51.9 Å². The van der Waals surface area contributed by atoms with E-state index in [1.165, 1.54) is 41.5 Å². The van der Waals surface area contributed by atoms with Crippen molar-refractivity contribution < 1.29 is 4.74 Å². The molecule has 1 aliphatic heterocycles. The number of aromatic nitrogens is 2. The molecule has 2 aromatic carbocycles. The van der Waals surface area contributed by atoms with Crippen molar-refractivity contribution in [2.45, 2.75) is 31.2 Å². The maximum Gasteiger partial charge on any atom is 0.118 e. The molecule has 2 saturated carbocycles. The van der Waals surface area contributed by atoms with E-state index in [-0.39, 0.29) is 0 Å². The first-order valence-corrected chi connectivity index (χ1v) is 9.70. The van der Waals surface area contributed by atoms with Crippen LogP contribution in [0.2, 0.25) is 0 Å². The maximum absolute atomic E-state index is 5.36. The van der Waals surface area contributed by atoms with Crippen molar-refractivity contribution in [3.63, 3.8) is 0 Å². The average Bonchev–Trinajstić information content (AvgIpc) is 3.42. The van der Waals surface area contributed by atoms with Crippen LogP contribution < -0.4 is 10.1 Å². The van der Waals surface area contributed by atoms with Crippen molar-refractivity contribution in [1.82, 2.24) is 10.2 Å². The Balaban J connectivity index is 1.52. The molecule has 0 amide bonds. The van der Waals surface area contributed by atoms with E-state index in [4.69, 9.17) is 4.74 Å². The average molecular weight is 345 g/mol. The molecule has 0 radical (unpaired) electrons. The summed E-state index contributed by atoms with van der Waals surface area (Å²) in [5.74, 6) is 3.91. The van der Waals surface area contributed by atoms with Crippen LogP contribution in [-0.4, -0.2) is 17.3 Å². The van der Waals surface area contributed by atoms with E-state index in [0.717, 1.165) is 23.1 Å². The Labute approximate surface area is 152 Å². The summed E-state index contributed by atoms with van der Waals surface area (Å²) in [7, 11) is 1.73. The number of methoxy groups -OCH3 is 1. The highest BCUT2D eigenvalue weighted by atomic mass is 16.5. The summed E-state index contributed by atoms with van der Waals surface area (Å²) < 4.78 is 5.36. The number of rotatable bonds is 2. The molecule has 26 heavy (non-hydrogen) atoms. The zero-order valence-corrected chi connectivity index (χ0v) is 14.9. The number of benzene rings is 2. The molecule has 4 heteroatoms. The van der Waals surface area contributed by atoms with Crippen LogP contribution in [0.25, 0.3) is 10.9 Å². The fourth-order valence-corrected chi connectivity index (χ4v) is 6.15. The van der Waals surface area contributed by atoms with Gasteiger partial charge in [-0.05, 0) is 78.3 Å². The molecule has 2 bridgehead atoms. The van der Waals surface area contributed by atoms with Gasteiger partial charge in [-0.1, -0.05) is 12.1 Å². The van der Waals surface area contributed by atoms with E-state index in [1.807, 2.05) is 6.20 Å². The molecular formula is C22H23N3O. The number of H-pyrrole nitrogens is 1. The van der Waals surface area contributed by atoms with Crippen molar-refractivity contribution in [1.29, 1.82) is 0 Å². The number of anilines is 1. The molecule has 2 N–H and O–H groups in total. The Bertz CT molecular complexity index is 977. The minimum atomic E-state index is 0.387. The molecule has 3 aliphatic rings. The second-order valence-electron chi connectivity index (χ2n) is 8.19. The van der Waals surface area contributed by atoms with Crippen molar-refractivity contribution in [2.24, 2.45) is 17.8 Å². The summed E-state index contributed by atoms with van der Waals surface area (Å²) in [6.45, 7) is 0. The predicted molar refractivity (Wildman–Crippen MR) is 103 cm³/mol. The summed E-state index contributed by atoms with van der Waals surface area (Å²) in [5.41, 5.74) is 5.35. The second kappa shape index (κ2) is 5.26. The largest absolute Gasteiger partial charge is 0.497 e. The van der Waals surface area contributed by atoms with Crippen molar-refractivity contribution in [3.05, 3.63) is 53.7 Å². The molecule has 0 saturated heterocycles. The van der Waals surface area contributed by atoms with Gasteiger partial charge in [0.1, 0.15) is 5.75 Å². The van der Waals surface area contributed by atoms with E-state index in [1.54, 1.807) is 7.11 Å². The molecule has 132 valence electrons. The van der Waals surface area contributed by atoms with Gasteiger partial charge in [0.15, 0.2) is 0 Å². The zero-order chi connectivity index (χ0) is 17.3. The lowest BCUT2D eigenvalue weighted by atomic mass is 9.67. The summed E-state index contributed by atoms with van der Waals surface area (Å²) >= 11 is 0. The number of fused-ring (bicyclic) bond motifs is 9. The normalized spacial score (nSPS) is 31.5. The van der Waals surface area contributed by atoms with Gasteiger partial charge in [0.2, 0.25) is 0 Å². The van der Waals surface area contributed by atoms with E-state index in [0.29, 0.717) is 17.9 Å². The van der Waals surface area contributed by atoms with Crippen molar-refractivity contribution >= 4 is 16.6 Å². The lowest BCUT2D eigenvalue weighted by molar-refractivity contribution is 0.249. The minimum absolute atomic E-state index is 0.387.